The Bertz CT molecular complexity index is 318. The first kappa shape index (κ1) is 11.8. The predicted molar refractivity (Wildman–Crippen MR) is 53.6 cm³/mol. The summed E-state index contributed by atoms with van der Waals surface area (Å²) < 4.78 is 10.4. The summed E-state index contributed by atoms with van der Waals surface area (Å²) in [6, 6.07) is 0. The number of rotatable bonds is 6. The second-order valence-electron chi connectivity index (χ2n) is 3.21. The molecule has 1 rings (SSSR count). The van der Waals surface area contributed by atoms with Gasteiger partial charge in [0.25, 0.3) is 5.89 Å². The average Bonchev–Trinajstić information content (AvgIpc) is 2.75. The van der Waals surface area contributed by atoms with Crippen LogP contribution in [0, 0.1) is 0 Å². The minimum atomic E-state index is -0.528. The number of carbonyl (C=O) groups excluding carboxylic acids is 1. The largest absolute Gasteiger partial charge is 0.367 e. The lowest BCUT2D eigenvalue weighted by atomic mass is 9.96. The van der Waals surface area contributed by atoms with E-state index in [1.165, 1.54) is 0 Å². The highest BCUT2D eigenvalue weighted by Gasteiger charge is 2.34. The van der Waals surface area contributed by atoms with E-state index in [2.05, 4.69) is 10.1 Å². The molecular weight excluding hydrogens is 196 g/mol. The molecule has 0 fully saturated rings. The maximum absolute atomic E-state index is 10.4. The highest BCUT2D eigenvalue weighted by molar-refractivity contribution is 5.67. The van der Waals surface area contributed by atoms with E-state index in [9.17, 15) is 4.79 Å². The topological polar surface area (TPSA) is 65.2 Å². The standard InChI is InChI=1S/C10H16N2O3/c1-4-10(5-2,14-6-3)9-11-8(7-13)15-12-9/h7H,4-6H2,1-3H3. The Morgan fingerprint density at radius 3 is 2.47 bits per heavy atom. The molecule has 1 aromatic heterocycles. The van der Waals surface area contributed by atoms with Crippen molar-refractivity contribution in [1.29, 1.82) is 0 Å². The van der Waals surface area contributed by atoms with Crippen molar-refractivity contribution in [3.63, 3.8) is 0 Å². The van der Waals surface area contributed by atoms with Crippen LogP contribution >= 0.6 is 0 Å². The van der Waals surface area contributed by atoms with Crippen LogP contribution in [0.2, 0.25) is 0 Å². The van der Waals surface area contributed by atoms with Gasteiger partial charge in [-0.3, -0.25) is 4.79 Å². The van der Waals surface area contributed by atoms with E-state index in [1.54, 1.807) is 0 Å². The van der Waals surface area contributed by atoms with Gasteiger partial charge in [-0.1, -0.05) is 19.0 Å². The molecule has 0 bridgehead atoms. The van der Waals surface area contributed by atoms with E-state index < -0.39 is 5.60 Å². The molecule has 0 atom stereocenters. The van der Waals surface area contributed by atoms with Gasteiger partial charge in [0.1, 0.15) is 5.60 Å². The first-order valence-corrected chi connectivity index (χ1v) is 5.15. The Morgan fingerprint density at radius 1 is 1.40 bits per heavy atom. The zero-order chi connectivity index (χ0) is 11.3. The molecule has 0 aliphatic heterocycles. The van der Waals surface area contributed by atoms with Crippen LogP contribution in [0.1, 0.15) is 50.1 Å². The minimum Gasteiger partial charge on any atom is -0.367 e. The first-order valence-electron chi connectivity index (χ1n) is 5.15. The number of hydrogen-bond donors (Lipinski definition) is 0. The fraction of sp³-hybridized carbons (Fsp3) is 0.700. The van der Waals surface area contributed by atoms with Gasteiger partial charge < -0.3 is 9.26 Å². The van der Waals surface area contributed by atoms with Crippen molar-refractivity contribution < 1.29 is 14.1 Å². The monoisotopic (exact) mass is 212 g/mol. The van der Waals surface area contributed by atoms with Crippen LogP contribution in [0.3, 0.4) is 0 Å². The molecule has 84 valence electrons. The lowest BCUT2D eigenvalue weighted by Crippen LogP contribution is -2.29. The molecule has 0 spiro atoms. The van der Waals surface area contributed by atoms with E-state index in [-0.39, 0.29) is 5.89 Å². The molecule has 1 heterocycles. The maximum atomic E-state index is 10.4. The van der Waals surface area contributed by atoms with Crippen molar-refractivity contribution in [2.24, 2.45) is 0 Å². The molecule has 0 amide bonds. The van der Waals surface area contributed by atoms with E-state index in [1.807, 2.05) is 20.8 Å². The molecule has 0 radical (unpaired) electrons. The summed E-state index contributed by atoms with van der Waals surface area (Å²) in [4.78, 5) is 14.4. The Morgan fingerprint density at radius 2 is 2.07 bits per heavy atom. The van der Waals surface area contributed by atoms with Crippen LogP contribution in [0.4, 0.5) is 0 Å². The summed E-state index contributed by atoms with van der Waals surface area (Å²) in [5, 5.41) is 3.78. The molecule has 0 N–H and O–H groups in total. The second kappa shape index (κ2) is 5.02. The lowest BCUT2D eigenvalue weighted by molar-refractivity contribution is -0.0583. The zero-order valence-corrected chi connectivity index (χ0v) is 9.32. The van der Waals surface area contributed by atoms with Crippen molar-refractivity contribution in [3.05, 3.63) is 11.7 Å². The molecule has 0 aliphatic carbocycles. The van der Waals surface area contributed by atoms with E-state index in [0.29, 0.717) is 18.7 Å². The van der Waals surface area contributed by atoms with Crippen LogP contribution in [0.5, 0.6) is 0 Å². The van der Waals surface area contributed by atoms with E-state index in [0.717, 1.165) is 12.8 Å². The van der Waals surface area contributed by atoms with Gasteiger partial charge in [-0.05, 0) is 19.8 Å². The third-order valence-corrected chi connectivity index (χ3v) is 2.51. The number of carbonyl (C=O) groups is 1. The molecule has 0 aliphatic rings. The van der Waals surface area contributed by atoms with Gasteiger partial charge >= 0.3 is 0 Å². The Hall–Kier alpha value is -1.23. The molecule has 0 unspecified atom stereocenters. The molecule has 0 aromatic carbocycles. The molecule has 5 nitrogen and oxygen atoms in total. The summed E-state index contributed by atoms with van der Waals surface area (Å²) in [5.41, 5.74) is -0.528. The molecule has 0 saturated carbocycles. The Balaban J connectivity index is 3.01. The second-order valence-corrected chi connectivity index (χ2v) is 3.21. The Kier molecular flexibility index (Phi) is 3.96. The van der Waals surface area contributed by atoms with Crippen molar-refractivity contribution >= 4 is 6.29 Å². The van der Waals surface area contributed by atoms with Gasteiger partial charge in [0.05, 0.1) is 0 Å². The summed E-state index contributed by atoms with van der Waals surface area (Å²) in [6.07, 6.45) is 2.03. The summed E-state index contributed by atoms with van der Waals surface area (Å²) in [7, 11) is 0. The smallest absolute Gasteiger partial charge is 0.290 e. The fourth-order valence-corrected chi connectivity index (χ4v) is 1.58. The van der Waals surface area contributed by atoms with Crippen LogP contribution in [-0.4, -0.2) is 23.0 Å². The number of hydrogen-bond acceptors (Lipinski definition) is 5. The highest BCUT2D eigenvalue weighted by atomic mass is 16.5. The van der Waals surface area contributed by atoms with Crippen molar-refractivity contribution in [1.82, 2.24) is 10.1 Å². The summed E-state index contributed by atoms with van der Waals surface area (Å²) in [5.74, 6) is 0.451. The number of aldehydes is 1. The molecular formula is C10H16N2O3. The lowest BCUT2D eigenvalue weighted by Gasteiger charge is -2.27. The SMILES string of the molecule is CCOC(CC)(CC)c1noc(C=O)n1. The van der Waals surface area contributed by atoms with Gasteiger partial charge in [0.15, 0.2) is 0 Å². The molecule has 5 heteroatoms. The highest BCUT2D eigenvalue weighted by Crippen LogP contribution is 2.30. The van der Waals surface area contributed by atoms with Crippen LogP contribution in [-0.2, 0) is 10.3 Å². The van der Waals surface area contributed by atoms with Gasteiger partial charge in [0.2, 0.25) is 12.1 Å². The number of ether oxygens (including phenoxy) is 1. The fourth-order valence-electron chi connectivity index (χ4n) is 1.58. The summed E-state index contributed by atoms with van der Waals surface area (Å²) in [6.45, 7) is 6.49. The minimum absolute atomic E-state index is 0.00372. The van der Waals surface area contributed by atoms with Crippen LogP contribution in [0.25, 0.3) is 0 Å². The zero-order valence-electron chi connectivity index (χ0n) is 9.32. The number of aromatic nitrogens is 2. The molecule has 1 aromatic rings. The quantitative estimate of drug-likeness (QED) is 0.674. The number of nitrogens with zero attached hydrogens (tertiary/aromatic N) is 2. The molecule has 0 saturated heterocycles. The van der Waals surface area contributed by atoms with Gasteiger partial charge in [-0.2, -0.15) is 4.98 Å². The van der Waals surface area contributed by atoms with Gasteiger partial charge in [-0.15, -0.1) is 0 Å². The predicted octanol–water partition coefficient (Wildman–Crippen LogP) is 1.93. The normalized spacial score (nSPS) is 11.7. The third kappa shape index (κ3) is 2.23. The van der Waals surface area contributed by atoms with Crippen LogP contribution in [0.15, 0.2) is 4.52 Å². The van der Waals surface area contributed by atoms with Crippen molar-refractivity contribution in [2.75, 3.05) is 6.61 Å². The van der Waals surface area contributed by atoms with Crippen molar-refractivity contribution in [3.8, 4) is 0 Å². The van der Waals surface area contributed by atoms with E-state index >= 15 is 0 Å². The van der Waals surface area contributed by atoms with Crippen LogP contribution < -0.4 is 0 Å². The van der Waals surface area contributed by atoms with Gasteiger partial charge in [0, 0.05) is 6.61 Å². The average molecular weight is 212 g/mol. The van der Waals surface area contributed by atoms with Crippen molar-refractivity contribution in [2.45, 2.75) is 39.2 Å². The summed E-state index contributed by atoms with van der Waals surface area (Å²) >= 11 is 0. The third-order valence-electron chi connectivity index (χ3n) is 2.51. The molecule has 15 heavy (non-hydrogen) atoms. The Labute approximate surface area is 88.8 Å². The maximum Gasteiger partial charge on any atom is 0.290 e. The van der Waals surface area contributed by atoms with Gasteiger partial charge in [-0.25, -0.2) is 0 Å². The van der Waals surface area contributed by atoms with E-state index in [4.69, 9.17) is 9.26 Å². The first-order chi connectivity index (χ1) is 7.22.